The summed E-state index contributed by atoms with van der Waals surface area (Å²) in [4.78, 5) is 44.6. The average Bonchev–Trinajstić information content (AvgIpc) is 3.16. The van der Waals surface area contributed by atoms with Crippen LogP contribution in [-0.2, 0) is 19.1 Å². The first kappa shape index (κ1) is 25.5. The number of hydrogen-bond donors (Lipinski definition) is 3. The van der Waals surface area contributed by atoms with Crippen LogP contribution in [0.25, 0.3) is 0 Å². The van der Waals surface area contributed by atoms with Crippen molar-refractivity contribution in [2.24, 2.45) is 5.92 Å². The quantitative estimate of drug-likeness (QED) is 0.271. The van der Waals surface area contributed by atoms with E-state index >= 15 is 0 Å². The molecule has 0 unspecified atom stereocenters. The Morgan fingerprint density at radius 3 is 2.22 bits per heavy atom. The first-order valence-electron chi connectivity index (χ1n) is 11.6. The Hall–Kier alpha value is -2.78. The number of carbonyl (C=O) groups is 2. The van der Waals surface area contributed by atoms with Crippen molar-refractivity contribution in [2.75, 3.05) is 42.4 Å². The predicted octanol–water partition coefficient (Wildman–Crippen LogP) is 2.79. The Morgan fingerprint density at radius 1 is 1.06 bits per heavy atom. The Balaban J connectivity index is 1.90. The molecule has 0 saturated heterocycles. The van der Waals surface area contributed by atoms with Gasteiger partial charge in [0.15, 0.2) is 5.82 Å². The zero-order valence-electron chi connectivity index (χ0n) is 19.3. The topological polar surface area (TPSA) is 140 Å². The van der Waals surface area contributed by atoms with E-state index in [1.54, 1.807) is 0 Å². The summed E-state index contributed by atoms with van der Waals surface area (Å²) >= 11 is 0. The highest BCUT2D eigenvalue weighted by molar-refractivity contribution is 5.71. The Morgan fingerprint density at radius 2 is 1.66 bits per heavy atom. The van der Waals surface area contributed by atoms with E-state index in [2.05, 4.69) is 29.1 Å². The highest BCUT2D eigenvalue weighted by atomic mass is 16.5. The van der Waals surface area contributed by atoms with Gasteiger partial charge in [0.2, 0.25) is 5.95 Å². The lowest BCUT2D eigenvalue weighted by Gasteiger charge is -2.22. The molecule has 0 bridgehead atoms. The van der Waals surface area contributed by atoms with Crippen LogP contribution < -0.4 is 21.5 Å². The number of esters is 2. The van der Waals surface area contributed by atoms with Gasteiger partial charge >= 0.3 is 11.9 Å². The molecule has 4 N–H and O–H groups in total. The van der Waals surface area contributed by atoms with Gasteiger partial charge in [-0.3, -0.25) is 19.4 Å². The van der Waals surface area contributed by atoms with Crippen LogP contribution in [0.15, 0.2) is 4.79 Å². The molecular formula is C22H37N5O5. The molecule has 1 aliphatic heterocycles. The zero-order chi connectivity index (χ0) is 23.3. The number of H-pyrrole nitrogens is 1. The van der Waals surface area contributed by atoms with Gasteiger partial charge in [-0.15, -0.1) is 0 Å². The van der Waals surface area contributed by atoms with Gasteiger partial charge in [0, 0.05) is 25.3 Å². The molecular weight excluding hydrogens is 414 g/mol. The first-order valence-corrected chi connectivity index (χ1v) is 11.6. The number of unbranched alkanes of at least 4 members (excludes halogenated alkanes) is 4. The first-order chi connectivity index (χ1) is 15.4. The number of nitrogens with zero attached hydrogens (tertiary/aromatic N) is 2. The fourth-order valence-electron chi connectivity index (χ4n) is 3.46. The maximum Gasteiger partial charge on any atom is 0.305 e. The van der Waals surface area contributed by atoms with E-state index in [4.69, 9.17) is 15.2 Å². The van der Waals surface area contributed by atoms with Gasteiger partial charge in [-0.05, 0) is 19.3 Å². The van der Waals surface area contributed by atoms with Crippen LogP contribution in [0.2, 0.25) is 0 Å². The van der Waals surface area contributed by atoms with Crippen LogP contribution in [-0.4, -0.2) is 48.3 Å². The lowest BCUT2D eigenvalue weighted by Crippen LogP contribution is -2.29. The SMILES string of the molecule is CCCCCC(=O)OCC(CCN1CNc2c1nc(N)[nH]c2=O)COC(=O)CCCCC. The monoisotopic (exact) mass is 451 g/mol. The Bertz CT molecular complexity index is 771. The number of carbonyl (C=O) groups excluding carboxylic acids is 2. The van der Waals surface area contributed by atoms with Gasteiger partial charge in [0.05, 0.1) is 19.9 Å². The van der Waals surface area contributed by atoms with E-state index < -0.39 is 0 Å². The van der Waals surface area contributed by atoms with Crippen LogP contribution in [0.1, 0.15) is 71.6 Å². The van der Waals surface area contributed by atoms with E-state index in [0.717, 1.165) is 38.5 Å². The summed E-state index contributed by atoms with van der Waals surface area (Å²) in [6.45, 7) is 5.50. The summed E-state index contributed by atoms with van der Waals surface area (Å²) in [5.41, 5.74) is 5.75. The minimum absolute atomic E-state index is 0.0565. The second-order valence-electron chi connectivity index (χ2n) is 8.18. The molecule has 2 rings (SSSR count). The lowest BCUT2D eigenvalue weighted by molar-refractivity contribution is -0.149. The molecule has 0 saturated carbocycles. The molecule has 2 heterocycles. The Labute approximate surface area is 189 Å². The fraction of sp³-hybridized carbons (Fsp3) is 0.727. The molecule has 1 aliphatic rings. The molecule has 0 aromatic carbocycles. The molecule has 1 aromatic rings. The number of nitrogens with two attached hydrogens (primary N) is 1. The second-order valence-corrected chi connectivity index (χ2v) is 8.18. The molecule has 0 amide bonds. The van der Waals surface area contributed by atoms with Crippen LogP contribution in [0, 0.1) is 5.92 Å². The van der Waals surface area contributed by atoms with Crippen molar-refractivity contribution in [2.45, 2.75) is 71.6 Å². The molecule has 180 valence electrons. The maximum atomic E-state index is 12.0. The third kappa shape index (κ3) is 8.39. The smallest absolute Gasteiger partial charge is 0.305 e. The predicted molar refractivity (Wildman–Crippen MR) is 123 cm³/mol. The van der Waals surface area contributed by atoms with Crippen molar-refractivity contribution in [1.29, 1.82) is 0 Å². The molecule has 32 heavy (non-hydrogen) atoms. The molecule has 0 fully saturated rings. The standard InChI is InChI=1S/C22H37N5O5/c1-3-5-7-9-17(28)31-13-16(14-32-18(29)10-8-6-4-2)11-12-27-15-24-19-20(27)25-22(23)26-21(19)30/h16,24H,3-15H2,1-2H3,(H3,23,25,26,30). The molecule has 0 atom stereocenters. The summed E-state index contributed by atoms with van der Waals surface area (Å²) in [6, 6.07) is 0. The van der Waals surface area contributed by atoms with Crippen LogP contribution >= 0.6 is 0 Å². The number of aromatic amines is 1. The van der Waals surface area contributed by atoms with Gasteiger partial charge in [-0.25, -0.2) is 0 Å². The zero-order valence-corrected chi connectivity index (χ0v) is 19.3. The van der Waals surface area contributed by atoms with Crippen LogP contribution in [0.5, 0.6) is 0 Å². The van der Waals surface area contributed by atoms with Gasteiger partial charge in [-0.1, -0.05) is 39.5 Å². The number of fused-ring (bicyclic) bond motifs is 1. The third-order valence-electron chi connectivity index (χ3n) is 5.40. The van der Waals surface area contributed by atoms with E-state index in [1.807, 2.05) is 4.90 Å². The fourth-order valence-corrected chi connectivity index (χ4v) is 3.46. The van der Waals surface area contributed by atoms with E-state index in [0.29, 0.717) is 44.0 Å². The van der Waals surface area contributed by atoms with Crippen molar-refractivity contribution in [3.63, 3.8) is 0 Å². The molecule has 10 nitrogen and oxygen atoms in total. The molecule has 0 radical (unpaired) electrons. The van der Waals surface area contributed by atoms with E-state index in [1.165, 1.54) is 0 Å². The molecule has 0 spiro atoms. The Kier molecular flexibility index (Phi) is 10.8. The summed E-state index contributed by atoms with van der Waals surface area (Å²) in [5.74, 6) is -0.0541. The summed E-state index contributed by atoms with van der Waals surface area (Å²) in [7, 11) is 0. The average molecular weight is 452 g/mol. The number of hydrogen-bond acceptors (Lipinski definition) is 9. The number of anilines is 3. The van der Waals surface area contributed by atoms with Crippen LogP contribution in [0.4, 0.5) is 17.5 Å². The molecule has 1 aromatic heterocycles. The van der Waals surface area contributed by atoms with Gasteiger partial charge in [0.1, 0.15) is 5.69 Å². The number of nitrogens with one attached hydrogen (secondary N) is 2. The summed E-state index contributed by atoms with van der Waals surface area (Å²) < 4.78 is 10.9. The van der Waals surface area contributed by atoms with E-state index in [-0.39, 0.29) is 42.6 Å². The van der Waals surface area contributed by atoms with Crippen LogP contribution in [0.3, 0.4) is 0 Å². The van der Waals surface area contributed by atoms with Gasteiger partial charge in [0.25, 0.3) is 5.56 Å². The minimum Gasteiger partial charge on any atom is -0.465 e. The minimum atomic E-state index is -0.312. The van der Waals surface area contributed by atoms with Crippen molar-refractivity contribution in [3.8, 4) is 0 Å². The number of aromatic nitrogens is 2. The second kappa shape index (κ2) is 13.6. The van der Waals surface area contributed by atoms with Crippen molar-refractivity contribution in [3.05, 3.63) is 10.4 Å². The van der Waals surface area contributed by atoms with Crippen molar-refractivity contribution in [1.82, 2.24) is 9.97 Å². The number of ether oxygens (including phenoxy) is 2. The van der Waals surface area contributed by atoms with Crippen molar-refractivity contribution >= 4 is 29.4 Å². The highest BCUT2D eigenvalue weighted by Gasteiger charge is 2.25. The molecule has 0 aliphatic carbocycles. The highest BCUT2D eigenvalue weighted by Crippen LogP contribution is 2.26. The number of nitrogen functional groups attached to an aromatic ring is 1. The van der Waals surface area contributed by atoms with Gasteiger partial charge in [-0.2, -0.15) is 4.98 Å². The van der Waals surface area contributed by atoms with Crippen molar-refractivity contribution < 1.29 is 19.1 Å². The molecule has 10 heteroatoms. The number of rotatable bonds is 15. The lowest BCUT2D eigenvalue weighted by atomic mass is 10.1. The summed E-state index contributed by atoms with van der Waals surface area (Å²) in [6.07, 6.45) is 7.07. The largest absolute Gasteiger partial charge is 0.465 e. The third-order valence-corrected chi connectivity index (χ3v) is 5.40. The van der Waals surface area contributed by atoms with E-state index in [9.17, 15) is 14.4 Å². The van der Waals surface area contributed by atoms with Gasteiger partial charge < -0.3 is 25.4 Å². The maximum absolute atomic E-state index is 12.0. The summed E-state index contributed by atoms with van der Waals surface area (Å²) in [5, 5.41) is 3.02. The normalized spacial score (nSPS) is 12.5.